The molecule has 0 amide bonds. The number of hydrogen-bond donors (Lipinski definition) is 1. The van der Waals surface area contributed by atoms with Crippen LogP contribution >= 0.6 is 11.6 Å². The van der Waals surface area contributed by atoms with Crippen LogP contribution in [0.2, 0.25) is 5.15 Å². The van der Waals surface area contributed by atoms with Crippen molar-refractivity contribution in [3.8, 4) is 6.01 Å². The molecule has 1 N–H and O–H groups in total. The number of aromatic nitrogens is 3. The lowest BCUT2D eigenvalue weighted by atomic mass is 9.62. The molecular weight excluding hydrogens is 452 g/mol. The van der Waals surface area contributed by atoms with Gasteiger partial charge < -0.3 is 14.7 Å². The van der Waals surface area contributed by atoms with Gasteiger partial charge in [-0.25, -0.2) is 13.8 Å². The third-order valence-corrected chi connectivity index (χ3v) is 8.39. The zero-order valence-corrected chi connectivity index (χ0v) is 19.2. The number of halogens is 3. The molecule has 0 bridgehead atoms. The maximum absolute atomic E-state index is 15.0. The van der Waals surface area contributed by atoms with E-state index in [-0.39, 0.29) is 40.3 Å². The molecule has 3 saturated heterocycles. The quantitative estimate of drug-likeness (QED) is 0.672. The molecule has 0 aromatic carbocycles. The highest BCUT2D eigenvalue weighted by atomic mass is 35.5. The molecule has 6 rings (SSSR count). The molecule has 2 aromatic heterocycles. The molecule has 1 spiro atoms. The predicted octanol–water partition coefficient (Wildman–Crippen LogP) is 3.51. The third kappa shape index (κ3) is 3.63. The minimum atomic E-state index is -0.855. The first kappa shape index (κ1) is 21.7. The van der Waals surface area contributed by atoms with E-state index < -0.39 is 12.0 Å². The highest BCUT2D eigenvalue weighted by molar-refractivity contribution is 6.30. The molecule has 3 aliphatic heterocycles. The van der Waals surface area contributed by atoms with Crippen molar-refractivity contribution in [2.75, 3.05) is 37.7 Å². The molecule has 5 heterocycles. The monoisotopic (exact) mass is 479 g/mol. The van der Waals surface area contributed by atoms with Gasteiger partial charge in [0.25, 0.3) is 0 Å². The number of piperidine rings is 1. The zero-order chi connectivity index (χ0) is 22.8. The van der Waals surface area contributed by atoms with Crippen LogP contribution in [0.3, 0.4) is 0 Å². The highest BCUT2D eigenvalue weighted by Crippen LogP contribution is 2.49. The lowest BCUT2D eigenvalue weighted by Gasteiger charge is -2.51. The van der Waals surface area contributed by atoms with Crippen molar-refractivity contribution in [1.29, 1.82) is 0 Å². The topological polar surface area (TPSA) is 74.6 Å². The van der Waals surface area contributed by atoms with E-state index in [1.54, 1.807) is 0 Å². The average Bonchev–Trinajstić information content (AvgIpc) is 3.29. The second kappa shape index (κ2) is 7.85. The summed E-state index contributed by atoms with van der Waals surface area (Å²) in [5, 5.41) is 10.2. The van der Waals surface area contributed by atoms with E-state index in [1.165, 1.54) is 6.20 Å². The van der Waals surface area contributed by atoms with Crippen LogP contribution < -0.4 is 9.64 Å². The third-order valence-electron chi connectivity index (χ3n) is 8.13. The molecule has 4 aliphatic rings. The SMILES string of the molecule is OC1CC2(CCCN(c3nc(OC[C@@]45CCCN4C[C@@H](F)C5)nc4c(F)c(Cl)ncc34)C2)C1. The molecule has 2 aromatic rings. The Morgan fingerprint density at radius 2 is 2.00 bits per heavy atom. The van der Waals surface area contributed by atoms with Crippen molar-refractivity contribution in [3.63, 3.8) is 0 Å². The van der Waals surface area contributed by atoms with Gasteiger partial charge in [0.15, 0.2) is 11.0 Å². The second-order valence-electron chi connectivity index (χ2n) is 10.4. The molecular formula is C23H28ClF2N5O2. The summed E-state index contributed by atoms with van der Waals surface area (Å²) in [6.07, 6.45) is 6.31. The Bertz CT molecular complexity index is 1080. The van der Waals surface area contributed by atoms with Crippen LogP contribution in [0.5, 0.6) is 6.01 Å². The Morgan fingerprint density at radius 1 is 1.18 bits per heavy atom. The first-order chi connectivity index (χ1) is 15.9. The lowest BCUT2D eigenvalue weighted by molar-refractivity contribution is -0.0396. The van der Waals surface area contributed by atoms with E-state index in [2.05, 4.69) is 19.8 Å². The van der Waals surface area contributed by atoms with Crippen LogP contribution in [0, 0.1) is 11.2 Å². The fourth-order valence-electron chi connectivity index (χ4n) is 6.61. The number of hydrogen-bond acceptors (Lipinski definition) is 7. The molecule has 33 heavy (non-hydrogen) atoms. The van der Waals surface area contributed by atoms with Crippen molar-refractivity contribution < 1.29 is 18.6 Å². The van der Waals surface area contributed by atoms with Crippen LogP contribution in [-0.2, 0) is 0 Å². The summed E-state index contributed by atoms with van der Waals surface area (Å²) in [6, 6.07) is 0.0791. The van der Waals surface area contributed by atoms with Crippen molar-refractivity contribution in [1.82, 2.24) is 19.9 Å². The number of pyridine rings is 1. The first-order valence-electron chi connectivity index (χ1n) is 11.8. The van der Waals surface area contributed by atoms with Gasteiger partial charge in [-0.1, -0.05) is 11.6 Å². The molecule has 0 radical (unpaired) electrons. The largest absolute Gasteiger partial charge is 0.461 e. The fourth-order valence-corrected chi connectivity index (χ4v) is 6.75. The van der Waals surface area contributed by atoms with E-state index >= 15 is 0 Å². The summed E-state index contributed by atoms with van der Waals surface area (Å²) in [5.74, 6) is -0.118. The minimum absolute atomic E-state index is 0.0671. The Hall–Kier alpha value is -1.84. The summed E-state index contributed by atoms with van der Waals surface area (Å²) in [6.45, 7) is 3.08. The van der Waals surface area contributed by atoms with Gasteiger partial charge in [0, 0.05) is 32.3 Å². The van der Waals surface area contributed by atoms with E-state index in [4.69, 9.17) is 21.3 Å². The number of aliphatic hydroxyl groups is 1. The van der Waals surface area contributed by atoms with Crippen LogP contribution in [0.4, 0.5) is 14.6 Å². The Kier molecular flexibility index (Phi) is 5.16. The second-order valence-corrected chi connectivity index (χ2v) is 10.8. The molecule has 1 aliphatic carbocycles. The summed E-state index contributed by atoms with van der Waals surface area (Å²) in [4.78, 5) is 17.3. The number of nitrogens with zero attached hydrogens (tertiary/aromatic N) is 5. The molecule has 10 heteroatoms. The Labute approximate surface area is 196 Å². The van der Waals surface area contributed by atoms with Crippen LogP contribution in [-0.4, -0.2) is 75.6 Å². The van der Waals surface area contributed by atoms with E-state index in [0.29, 0.717) is 24.2 Å². The van der Waals surface area contributed by atoms with Crippen molar-refractivity contribution in [2.45, 2.75) is 62.8 Å². The van der Waals surface area contributed by atoms with Gasteiger partial charge in [-0.05, 0) is 50.5 Å². The highest BCUT2D eigenvalue weighted by Gasteiger charge is 2.50. The van der Waals surface area contributed by atoms with E-state index in [0.717, 1.165) is 58.2 Å². The summed E-state index contributed by atoms with van der Waals surface area (Å²) in [7, 11) is 0. The number of rotatable bonds is 4. The number of fused-ring (bicyclic) bond motifs is 2. The first-order valence-corrected chi connectivity index (χ1v) is 12.2. The van der Waals surface area contributed by atoms with Gasteiger partial charge in [-0.15, -0.1) is 0 Å². The fraction of sp³-hybridized carbons (Fsp3) is 0.696. The molecule has 4 fully saturated rings. The van der Waals surface area contributed by atoms with Gasteiger partial charge in [0.05, 0.1) is 17.0 Å². The summed E-state index contributed by atoms with van der Waals surface area (Å²) < 4.78 is 35.2. The predicted molar refractivity (Wildman–Crippen MR) is 120 cm³/mol. The van der Waals surface area contributed by atoms with Gasteiger partial charge in [0.2, 0.25) is 0 Å². The van der Waals surface area contributed by atoms with Gasteiger partial charge in [0.1, 0.15) is 24.1 Å². The van der Waals surface area contributed by atoms with Crippen LogP contribution in [0.1, 0.15) is 44.9 Å². The van der Waals surface area contributed by atoms with Gasteiger partial charge in [-0.3, -0.25) is 4.90 Å². The van der Waals surface area contributed by atoms with E-state index in [9.17, 15) is 13.9 Å². The molecule has 0 unspecified atom stereocenters. The Morgan fingerprint density at radius 3 is 2.82 bits per heavy atom. The Balaban J connectivity index is 1.34. The van der Waals surface area contributed by atoms with Gasteiger partial charge >= 0.3 is 6.01 Å². The summed E-state index contributed by atoms with van der Waals surface area (Å²) in [5.41, 5.74) is -0.194. The number of aliphatic hydroxyl groups excluding tert-OH is 1. The van der Waals surface area contributed by atoms with Crippen LogP contribution in [0.15, 0.2) is 6.20 Å². The van der Waals surface area contributed by atoms with Crippen molar-refractivity contribution in [2.24, 2.45) is 5.41 Å². The number of alkyl halides is 1. The van der Waals surface area contributed by atoms with Gasteiger partial charge in [-0.2, -0.15) is 9.97 Å². The normalized spacial score (nSPS) is 34.1. The minimum Gasteiger partial charge on any atom is -0.461 e. The lowest BCUT2D eigenvalue weighted by Crippen LogP contribution is -2.52. The maximum Gasteiger partial charge on any atom is 0.319 e. The van der Waals surface area contributed by atoms with Crippen molar-refractivity contribution >= 4 is 28.3 Å². The molecule has 2 atom stereocenters. The number of ether oxygens (including phenoxy) is 1. The maximum atomic E-state index is 15.0. The standard InChI is InChI=1S/C23H28ClF2N5O2/c24-19-17(26)18-16(10-27-19)20(30-5-1-3-22(12-30)8-15(32)9-22)29-21(28-18)33-13-23-4-2-6-31(23)11-14(25)7-23/h10,14-15,32H,1-9,11-13H2/t14-,15?,22?,23-/m0/s1. The summed E-state index contributed by atoms with van der Waals surface area (Å²) >= 11 is 5.96. The van der Waals surface area contributed by atoms with Crippen molar-refractivity contribution in [3.05, 3.63) is 17.2 Å². The molecule has 178 valence electrons. The zero-order valence-electron chi connectivity index (χ0n) is 18.4. The molecule has 1 saturated carbocycles. The molecule has 7 nitrogen and oxygen atoms in total. The number of anilines is 1. The van der Waals surface area contributed by atoms with E-state index in [1.807, 2.05) is 0 Å². The average molecular weight is 480 g/mol. The van der Waals surface area contributed by atoms with Crippen LogP contribution in [0.25, 0.3) is 10.9 Å². The smallest absolute Gasteiger partial charge is 0.319 e.